The van der Waals surface area contributed by atoms with Crippen LogP contribution in [0.15, 0.2) is 30.3 Å². The number of hydrogen-bond acceptors (Lipinski definition) is 4. The Hall–Kier alpha value is -2.61. The van der Waals surface area contributed by atoms with Crippen LogP contribution < -0.4 is 16.4 Å². The van der Waals surface area contributed by atoms with Gasteiger partial charge in [-0.3, -0.25) is 9.59 Å². The smallest absolute Gasteiger partial charge is 0.321 e. The number of para-hydroxylation sites is 1. The number of rotatable bonds is 7. The van der Waals surface area contributed by atoms with Crippen molar-refractivity contribution in [3.8, 4) is 0 Å². The first-order valence-corrected chi connectivity index (χ1v) is 10.9. The highest BCUT2D eigenvalue weighted by molar-refractivity contribution is 5.90. The number of nitrogens with two attached hydrogens (primary N) is 1. The van der Waals surface area contributed by atoms with Crippen LogP contribution in [0.5, 0.6) is 0 Å². The van der Waals surface area contributed by atoms with Gasteiger partial charge in [-0.15, -0.1) is 0 Å². The van der Waals surface area contributed by atoms with Crippen LogP contribution in [0.4, 0.5) is 10.5 Å². The van der Waals surface area contributed by atoms with Crippen LogP contribution in [0.2, 0.25) is 0 Å². The first kappa shape index (κ1) is 22.1. The van der Waals surface area contributed by atoms with Crippen molar-refractivity contribution in [3.05, 3.63) is 30.3 Å². The number of nitrogens with one attached hydrogen (secondary N) is 2. The summed E-state index contributed by atoms with van der Waals surface area (Å²) in [4.78, 5) is 40.4. The van der Waals surface area contributed by atoms with Crippen LogP contribution in [-0.2, 0) is 9.59 Å². The molecule has 2 heterocycles. The Labute approximate surface area is 178 Å². The van der Waals surface area contributed by atoms with Gasteiger partial charge in [0.05, 0.1) is 11.8 Å². The molecule has 2 fully saturated rings. The zero-order valence-corrected chi connectivity index (χ0v) is 17.5. The van der Waals surface area contributed by atoms with Crippen molar-refractivity contribution in [2.24, 2.45) is 17.6 Å². The van der Waals surface area contributed by atoms with E-state index in [9.17, 15) is 14.4 Å². The van der Waals surface area contributed by atoms with Gasteiger partial charge in [-0.2, -0.15) is 0 Å². The number of likely N-dealkylation sites (tertiary alicyclic amines) is 2. The highest BCUT2D eigenvalue weighted by Gasteiger charge is 2.28. The minimum atomic E-state index is -0.217. The lowest BCUT2D eigenvalue weighted by molar-refractivity contribution is -0.126. The molecule has 3 rings (SSSR count). The third-order valence-corrected chi connectivity index (χ3v) is 5.96. The fourth-order valence-electron chi connectivity index (χ4n) is 4.25. The van der Waals surface area contributed by atoms with Crippen molar-refractivity contribution >= 4 is 23.5 Å². The van der Waals surface area contributed by atoms with Gasteiger partial charge >= 0.3 is 6.03 Å². The molecule has 4 N–H and O–H groups in total. The van der Waals surface area contributed by atoms with Crippen molar-refractivity contribution in [1.29, 1.82) is 0 Å². The average molecular weight is 416 g/mol. The number of benzene rings is 1. The molecule has 2 unspecified atom stereocenters. The van der Waals surface area contributed by atoms with Gasteiger partial charge in [-0.05, 0) is 57.3 Å². The molecular formula is C22H33N5O3. The Morgan fingerprint density at radius 3 is 2.50 bits per heavy atom. The molecule has 164 valence electrons. The van der Waals surface area contributed by atoms with Gasteiger partial charge in [0.1, 0.15) is 0 Å². The summed E-state index contributed by atoms with van der Waals surface area (Å²) in [6.07, 6.45) is 4.32. The van der Waals surface area contributed by atoms with E-state index in [-0.39, 0.29) is 29.7 Å². The summed E-state index contributed by atoms with van der Waals surface area (Å²) in [7, 11) is 0. The van der Waals surface area contributed by atoms with Crippen molar-refractivity contribution in [2.75, 3.05) is 44.6 Å². The molecule has 8 nitrogen and oxygen atoms in total. The molecule has 2 atom stereocenters. The van der Waals surface area contributed by atoms with Gasteiger partial charge in [0.25, 0.3) is 0 Å². The van der Waals surface area contributed by atoms with Crippen molar-refractivity contribution in [2.45, 2.75) is 32.1 Å². The number of hydrogen-bond donors (Lipinski definition) is 3. The Balaban J connectivity index is 1.37. The lowest BCUT2D eigenvalue weighted by Gasteiger charge is -2.32. The van der Waals surface area contributed by atoms with Gasteiger partial charge in [0.15, 0.2) is 0 Å². The predicted octanol–water partition coefficient (Wildman–Crippen LogP) is 1.63. The summed E-state index contributed by atoms with van der Waals surface area (Å²) in [6, 6.07) is 9.19. The molecular weight excluding hydrogens is 382 g/mol. The Kier molecular flexibility index (Phi) is 8.07. The number of carbonyl (C=O) groups is 3. The monoisotopic (exact) mass is 415 g/mol. The molecule has 1 aromatic carbocycles. The third-order valence-electron chi connectivity index (χ3n) is 5.96. The van der Waals surface area contributed by atoms with Crippen LogP contribution in [0.25, 0.3) is 0 Å². The largest absolute Gasteiger partial charge is 0.369 e. The molecule has 0 saturated carbocycles. The number of piperidine rings is 2. The summed E-state index contributed by atoms with van der Waals surface area (Å²) in [5.41, 5.74) is 6.18. The normalized spacial score (nSPS) is 22.3. The van der Waals surface area contributed by atoms with Gasteiger partial charge < -0.3 is 26.2 Å². The predicted molar refractivity (Wildman–Crippen MR) is 116 cm³/mol. The van der Waals surface area contributed by atoms with Crippen LogP contribution in [0.1, 0.15) is 32.1 Å². The van der Waals surface area contributed by atoms with E-state index in [1.54, 1.807) is 4.90 Å². The summed E-state index contributed by atoms with van der Waals surface area (Å²) >= 11 is 0. The second-order valence-corrected chi connectivity index (χ2v) is 8.27. The number of urea groups is 1. The number of amides is 4. The lowest BCUT2D eigenvalue weighted by Crippen LogP contribution is -2.47. The Morgan fingerprint density at radius 1 is 1.00 bits per heavy atom. The maximum Gasteiger partial charge on any atom is 0.321 e. The number of anilines is 1. The highest BCUT2D eigenvalue weighted by atomic mass is 16.2. The second kappa shape index (κ2) is 11.0. The fourth-order valence-corrected chi connectivity index (χ4v) is 4.25. The third kappa shape index (κ3) is 6.45. The number of nitrogens with zero attached hydrogens (tertiary/aromatic N) is 2. The fraction of sp³-hybridized carbons (Fsp3) is 0.591. The van der Waals surface area contributed by atoms with E-state index in [4.69, 9.17) is 5.73 Å². The SMILES string of the molecule is NC(=O)C1CCCN(CCCNC(=O)C2CCCN(C(=O)Nc3ccccc3)C2)C1. The first-order chi connectivity index (χ1) is 14.5. The molecule has 0 bridgehead atoms. The zero-order valence-electron chi connectivity index (χ0n) is 17.5. The molecule has 2 aliphatic rings. The molecule has 2 aliphatic heterocycles. The maximum atomic E-state index is 12.6. The van der Waals surface area contributed by atoms with Gasteiger partial charge in [-0.1, -0.05) is 18.2 Å². The van der Waals surface area contributed by atoms with Crippen LogP contribution in [0, 0.1) is 11.8 Å². The molecule has 4 amide bonds. The van der Waals surface area contributed by atoms with Gasteiger partial charge in [0, 0.05) is 31.9 Å². The zero-order chi connectivity index (χ0) is 21.3. The van der Waals surface area contributed by atoms with Crippen molar-refractivity contribution in [1.82, 2.24) is 15.1 Å². The van der Waals surface area contributed by atoms with E-state index in [1.165, 1.54) is 0 Å². The summed E-state index contributed by atoms with van der Waals surface area (Å²) < 4.78 is 0. The molecule has 0 spiro atoms. The highest BCUT2D eigenvalue weighted by Crippen LogP contribution is 2.19. The average Bonchev–Trinajstić information content (AvgIpc) is 2.77. The van der Waals surface area contributed by atoms with Crippen LogP contribution in [-0.4, -0.2) is 66.9 Å². The van der Waals surface area contributed by atoms with E-state index >= 15 is 0 Å². The Bertz CT molecular complexity index is 727. The lowest BCUT2D eigenvalue weighted by atomic mass is 9.97. The summed E-state index contributed by atoms with van der Waals surface area (Å²) in [5, 5.41) is 5.91. The molecule has 1 aromatic rings. The topological polar surface area (TPSA) is 108 Å². The second-order valence-electron chi connectivity index (χ2n) is 8.27. The standard InChI is InChI=1S/C22H33N5O3/c23-20(28)17-7-4-12-26(15-17)13-6-11-24-21(29)18-8-5-14-27(16-18)22(30)25-19-9-2-1-3-10-19/h1-3,9-10,17-18H,4-8,11-16H2,(H2,23,28)(H,24,29)(H,25,30). The maximum absolute atomic E-state index is 12.6. The number of carbonyl (C=O) groups excluding carboxylic acids is 3. The van der Waals surface area contributed by atoms with Gasteiger partial charge in [-0.25, -0.2) is 4.79 Å². The number of primary amides is 1. The van der Waals surface area contributed by atoms with E-state index in [1.807, 2.05) is 30.3 Å². The van der Waals surface area contributed by atoms with Crippen molar-refractivity contribution < 1.29 is 14.4 Å². The van der Waals surface area contributed by atoms with E-state index in [0.717, 1.165) is 57.4 Å². The van der Waals surface area contributed by atoms with E-state index in [0.29, 0.717) is 19.6 Å². The van der Waals surface area contributed by atoms with Crippen LogP contribution in [0.3, 0.4) is 0 Å². The molecule has 30 heavy (non-hydrogen) atoms. The summed E-state index contributed by atoms with van der Waals surface area (Å²) in [5.74, 6) is -0.426. The summed E-state index contributed by atoms with van der Waals surface area (Å²) in [6.45, 7) is 4.25. The molecule has 0 aliphatic carbocycles. The van der Waals surface area contributed by atoms with Gasteiger partial charge in [0.2, 0.25) is 11.8 Å². The minimum absolute atomic E-state index is 0.0147. The first-order valence-electron chi connectivity index (χ1n) is 10.9. The van der Waals surface area contributed by atoms with E-state index in [2.05, 4.69) is 15.5 Å². The quantitative estimate of drug-likeness (QED) is 0.588. The van der Waals surface area contributed by atoms with Crippen molar-refractivity contribution in [3.63, 3.8) is 0 Å². The molecule has 8 heteroatoms. The van der Waals surface area contributed by atoms with E-state index < -0.39 is 0 Å². The molecule has 0 aromatic heterocycles. The Morgan fingerprint density at radius 2 is 1.73 bits per heavy atom. The van der Waals surface area contributed by atoms with Crippen LogP contribution >= 0.6 is 0 Å². The molecule has 0 radical (unpaired) electrons. The minimum Gasteiger partial charge on any atom is -0.369 e. The molecule has 2 saturated heterocycles.